The Kier molecular flexibility index (Phi) is 6.94. The molecule has 1 aromatic carbocycles. The van der Waals surface area contributed by atoms with E-state index in [4.69, 9.17) is 4.74 Å². The normalized spacial score (nSPS) is 18.7. The number of piperazine rings is 1. The van der Waals surface area contributed by atoms with E-state index in [0.717, 1.165) is 5.82 Å². The number of ketones is 1. The number of imidazole rings is 1. The number of aryl methyl sites for hydroxylation is 1. The van der Waals surface area contributed by atoms with Gasteiger partial charge in [0, 0.05) is 50.7 Å². The number of pyridine rings is 1. The molecular weight excluding hydrogens is 496 g/mol. The summed E-state index contributed by atoms with van der Waals surface area (Å²) in [5.74, 6) is 1.15. The molecule has 2 aliphatic heterocycles. The van der Waals surface area contributed by atoms with Gasteiger partial charge in [-0.25, -0.2) is 23.2 Å². The number of rotatable bonds is 6. The van der Waals surface area contributed by atoms with Crippen molar-refractivity contribution in [3.63, 3.8) is 0 Å². The van der Waals surface area contributed by atoms with Crippen LogP contribution >= 0.6 is 0 Å². The van der Waals surface area contributed by atoms with Crippen LogP contribution in [0.2, 0.25) is 0 Å². The first-order valence-electron chi connectivity index (χ1n) is 12.1. The van der Waals surface area contributed by atoms with E-state index in [2.05, 4.69) is 25.9 Å². The number of carbonyl (C=O) groups is 2. The lowest BCUT2D eigenvalue weighted by atomic mass is 10.0. The minimum Gasteiger partial charge on any atom is -0.410 e. The number of nitrogens with zero attached hydrogens (tertiary/aromatic N) is 5. The van der Waals surface area contributed by atoms with Crippen LogP contribution in [0.1, 0.15) is 29.0 Å². The molecule has 3 aromatic rings. The molecule has 1 atom stereocenters. The van der Waals surface area contributed by atoms with Gasteiger partial charge in [-0.1, -0.05) is 6.07 Å². The predicted molar refractivity (Wildman–Crippen MR) is 134 cm³/mol. The van der Waals surface area contributed by atoms with E-state index in [1.54, 1.807) is 24.1 Å². The maximum atomic E-state index is 13.3. The highest BCUT2D eigenvalue weighted by Gasteiger charge is 2.40. The molecular formula is C25H27N6O5S. The van der Waals surface area contributed by atoms with Gasteiger partial charge in [0.2, 0.25) is 0 Å². The van der Waals surface area contributed by atoms with E-state index in [0.29, 0.717) is 44.8 Å². The van der Waals surface area contributed by atoms with Gasteiger partial charge in [-0.3, -0.25) is 4.79 Å². The number of ether oxygens (including phenoxy) is 1. The molecule has 193 valence electrons. The van der Waals surface area contributed by atoms with Crippen molar-refractivity contribution in [3.8, 4) is 5.75 Å². The molecule has 0 aliphatic carbocycles. The number of amides is 1. The number of H-pyrrole nitrogens is 1. The smallest absolute Gasteiger partial charge is 0.410 e. The van der Waals surface area contributed by atoms with Gasteiger partial charge in [0.15, 0.2) is 10.8 Å². The number of hydrogen-bond donors (Lipinski definition) is 1. The standard InChI is InChI=1S/C25H27N6O5S/c1-18-27-17-23(28-18)37(34,35)31-11-5-8-21(31)24(32)19-6-4-7-20(16-19)36-25(33)30-14-12-29(13-15-30)22-9-2-3-10-26-22/h2-4,7,9-10,16-17,21H,5,8,11-15H2,1H3,(H,27,28)/t21-/m0/s1. The Morgan fingerprint density at radius 1 is 1.14 bits per heavy atom. The zero-order valence-corrected chi connectivity index (χ0v) is 21.1. The molecule has 5 rings (SSSR count). The largest absolute Gasteiger partial charge is 0.415 e. The SMILES string of the molecule is Cc1nc(S(=O)(=O)N2CCC[C@H]2C(=O)c2[c]ccc(OC(=O)N3CCN(c4ccccn4)CC3)c2)c[nH]1. The third kappa shape index (κ3) is 5.20. The van der Waals surface area contributed by atoms with Crippen LogP contribution in [-0.4, -0.2) is 83.2 Å². The van der Waals surface area contributed by atoms with Crippen molar-refractivity contribution in [1.29, 1.82) is 0 Å². The summed E-state index contributed by atoms with van der Waals surface area (Å²) in [6, 6.07) is 12.2. The fourth-order valence-electron chi connectivity index (χ4n) is 4.59. The molecule has 2 saturated heterocycles. The average Bonchev–Trinajstić information content (AvgIpc) is 3.59. The highest BCUT2D eigenvalue weighted by Crippen LogP contribution is 2.28. The van der Waals surface area contributed by atoms with Crippen molar-refractivity contribution in [2.45, 2.75) is 30.8 Å². The summed E-state index contributed by atoms with van der Waals surface area (Å²) >= 11 is 0. The number of aromatic amines is 1. The second kappa shape index (κ2) is 10.3. The van der Waals surface area contributed by atoms with Crippen molar-refractivity contribution >= 4 is 27.7 Å². The number of sulfonamides is 1. The van der Waals surface area contributed by atoms with Crippen LogP contribution in [0.25, 0.3) is 0 Å². The minimum atomic E-state index is -3.93. The van der Waals surface area contributed by atoms with Crippen molar-refractivity contribution in [2.75, 3.05) is 37.6 Å². The molecule has 1 radical (unpaired) electrons. The number of hydrogen-bond acceptors (Lipinski definition) is 8. The average molecular weight is 524 g/mol. The second-order valence-electron chi connectivity index (χ2n) is 8.93. The summed E-state index contributed by atoms with van der Waals surface area (Å²) < 4.78 is 32.9. The van der Waals surface area contributed by atoms with Crippen molar-refractivity contribution < 1.29 is 22.7 Å². The third-order valence-electron chi connectivity index (χ3n) is 6.52. The summed E-state index contributed by atoms with van der Waals surface area (Å²) in [5, 5.41) is -0.112. The van der Waals surface area contributed by atoms with Gasteiger partial charge in [-0.15, -0.1) is 0 Å². The molecule has 2 aliphatic rings. The molecule has 2 aromatic heterocycles. The maximum Gasteiger partial charge on any atom is 0.415 e. The summed E-state index contributed by atoms with van der Waals surface area (Å²) in [6.07, 6.45) is 3.49. The fraction of sp³-hybridized carbons (Fsp3) is 0.360. The Morgan fingerprint density at radius 2 is 1.95 bits per heavy atom. The zero-order valence-electron chi connectivity index (χ0n) is 20.3. The summed E-state index contributed by atoms with van der Waals surface area (Å²) in [4.78, 5) is 40.9. The Morgan fingerprint density at radius 3 is 2.65 bits per heavy atom. The van der Waals surface area contributed by atoms with E-state index in [9.17, 15) is 18.0 Å². The summed E-state index contributed by atoms with van der Waals surface area (Å²) in [6.45, 7) is 4.08. The van der Waals surface area contributed by atoms with Gasteiger partial charge in [-0.2, -0.15) is 4.31 Å². The minimum absolute atomic E-state index is 0.112. The zero-order chi connectivity index (χ0) is 26.0. The Labute approximate surface area is 215 Å². The fourth-order valence-corrected chi connectivity index (χ4v) is 6.20. The first-order valence-corrected chi connectivity index (χ1v) is 13.5. The van der Waals surface area contributed by atoms with Crippen LogP contribution in [0.15, 0.2) is 53.8 Å². The van der Waals surface area contributed by atoms with Crippen molar-refractivity contribution in [1.82, 2.24) is 24.2 Å². The van der Waals surface area contributed by atoms with Gasteiger partial charge < -0.3 is 19.5 Å². The molecule has 12 heteroatoms. The van der Waals surface area contributed by atoms with Gasteiger partial charge >= 0.3 is 6.09 Å². The van der Waals surface area contributed by atoms with Crippen molar-refractivity contribution in [2.24, 2.45) is 0 Å². The van der Waals surface area contributed by atoms with Crippen LogP contribution in [0.4, 0.5) is 10.6 Å². The second-order valence-corrected chi connectivity index (χ2v) is 10.8. The quantitative estimate of drug-likeness (QED) is 0.487. The summed E-state index contributed by atoms with van der Waals surface area (Å²) in [7, 11) is -3.93. The highest BCUT2D eigenvalue weighted by atomic mass is 32.2. The van der Waals surface area contributed by atoms with Gasteiger partial charge in [-0.05, 0) is 56.2 Å². The molecule has 0 unspecified atom stereocenters. The molecule has 1 N–H and O–H groups in total. The molecule has 0 spiro atoms. The monoisotopic (exact) mass is 523 g/mol. The first kappa shape index (κ1) is 24.9. The topological polar surface area (TPSA) is 129 Å². The van der Waals surface area contributed by atoms with E-state index < -0.39 is 27.9 Å². The highest BCUT2D eigenvalue weighted by molar-refractivity contribution is 7.89. The third-order valence-corrected chi connectivity index (χ3v) is 8.31. The predicted octanol–water partition coefficient (Wildman–Crippen LogP) is 2.27. The number of nitrogens with one attached hydrogen (secondary N) is 1. The van der Waals surface area contributed by atoms with Crippen LogP contribution in [0.5, 0.6) is 5.75 Å². The lowest BCUT2D eigenvalue weighted by Gasteiger charge is -2.34. The number of carbonyl (C=O) groups excluding carboxylic acids is 2. The number of aromatic nitrogens is 3. The van der Waals surface area contributed by atoms with E-state index >= 15 is 0 Å². The van der Waals surface area contributed by atoms with Crippen molar-refractivity contribution in [3.05, 3.63) is 66.2 Å². The van der Waals surface area contributed by atoms with Crippen LogP contribution < -0.4 is 9.64 Å². The number of anilines is 1. The first-order chi connectivity index (χ1) is 17.8. The molecule has 2 fully saturated rings. The van der Waals surface area contributed by atoms with Gasteiger partial charge in [0.1, 0.15) is 17.4 Å². The number of Topliss-reactive ketones (excluding diaryl/α,β-unsaturated/α-hetero) is 1. The lowest BCUT2D eigenvalue weighted by Crippen LogP contribution is -2.49. The Bertz CT molecular complexity index is 1390. The maximum absolute atomic E-state index is 13.3. The number of benzene rings is 1. The van der Waals surface area contributed by atoms with Crippen LogP contribution in [0, 0.1) is 13.0 Å². The molecule has 1 amide bonds. The molecule has 0 bridgehead atoms. The van der Waals surface area contributed by atoms with Gasteiger partial charge in [0.05, 0.1) is 6.04 Å². The van der Waals surface area contributed by atoms with Gasteiger partial charge in [0.25, 0.3) is 10.0 Å². The molecule has 11 nitrogen and oxygen atoms in total. The molecule has 37 heavy (non-hydrogen) atoms. The Balaban J connectivity index is 1.24. The van der Waals surface area contributed by atoms with E-state index in [1.807, 2.05) is 18.2 Å². The molecule has 4 heterocycles. The summed E-state index contributed by atoms with van der Waals surface area (Å²) in [5.41, 5.74) is 0.163. The van der Waals surface area contributed by atoms with Crippen LogP contribution in [-0.2, 0) is 10.0 Å². The Hall–Kier alpha value is -3.77. The molecule has 0 saturated carbocycles. The van der Waals surface area contributed by atoms with E-state index in [1.165, 1.54) is 22.6 Å². The van der Waals surface area contributed by atoms with Crippen LogP contribution in [0.3, 0.4) is 0 Å². The van der Waals surface area contributed by atoms with E-state index in [-0.39, 0.29) is 22.9 Å². The lowest BCUT2D eigenvalue weighted by molar-refractivity contribution is 0.0917.